The van der Waals surface area contributed by atoms with Gasteiger partial charge in [-0.15, -0.1) is 0 Å². The Morgan fingerprint density at radius 2 is 2.25 bits per heavy atom. The lowest BCUT2D eigenvalue weighted by Gasteiger charge is -2.25. The predicted molar refractivity (Wildman–Crippen MR) is 67.3 cm³/mol. The average molecular weight is 217 g/mol. The Morgan fingerprint density at radius 1 is 1.50 bits per heavy atom. The van der Waals surface area contributed by atoms with Crippen molar-refractivity contribution in [1.82, 2.24) is 0 Å². The molecule has 0 bridgehead atoms. The van der Waals surface area contributed by atoms with Crippen molar-refractivity contribution in [2.45, 2.75) is 39.5 Å². The average Bonchev–Trinajstić information content (AvgIpc) is 2.28. The van der Waals surface area contributed by atoms with Crippen molar-refractivity contribution in [2.24, 2.45) is 0 Å². The number of ketones is 1. The van der Waals surface area contributed by atoms with E-state index in [-0.39, 0.29) is 5.78 Å². The van der Waals surface area contributed by atoms with Crippen LogP contribution < -0.4 is 5.32 Å². The lowest BCUT2D eigenvalue weighted by Crippen LogP contribution is -2.16. The highest BCUT2D eigenvalue weighted by Crippen LogP contribution is 2.33. The van der Waals surface area contributed by atoms with Crippen LogP contribution in [-0.2, 0) is 6.42 Å². The molecule has 0 saturated carbocycles. The summed E-state index contributed by atoms with van der Waals surface area (Å²) in [5, 5.41) is 3.39. The molecule has 1 heterocycles. The molecule has 0 aromatic heterocycles. The molecule has 0 aliphatic carbocycles. The largest absolute Gasteiger partial charge is 0.385 e. The first-order valence-corrected chi connectivity index (χ1v) is 6.05. The first-order valence-electron chi connectivity index (χ1n) is 6.05. The summed E-state index contributed by atoms with van der Waals surface area (Å²) in [6.45, 7) is 7.02. The Morgan fingerprint density at radius 3 is 2.88 bits per heavy atom. The Labute approximate surface area is 97.1 Å². The van der Waals surface area contributed by atoms with Crippen molar-refractivity contribution in [1.29, 1.82) is 0 Å². The number of aryl methyl sites for hydroxylation is 1. The van der Waals surface area contributed by atoms with Crippen molar-refractivity contribution < 1.29 is 4.79 Å². The molecule has 0 amide bonds. The molecule has 1 unspecified atom stereocenters. The van der Waals surface area contributed by atoms with E-state index in [4.69, 9.17) is 0 Å². The molecule has 86 valence electrons. The standard InChI is InChI=1S/C14H19NO/c1-4-11-7-12-9(2)5-6-15-14(12)8-13(11)10(3)16/h7-9,15H,4-6H2,1-3H3. The fourth-order valence-electron chi connectivity index (χ4n) is 2.42. The van der Waals surface area contributed by atoms with Gasteiger partial charge in [-0.25, -0.2) is 0 Å². The molecule has 1 aliphatic rings. The summed E-state index contributed by atoms with van der Waals surface area (Å²) in [5.74, 6) is 0.766. The summed E-state index contributed by atoms with van der Waals surface area (Å²) in [7, 11) is 0. The SMILES string of the molecule is CCc1cc2c(cc1C(C)=O)NCCC2C. The maximum Gasteiger partial charge on any atom is 0.160 e. The van der Waals surface area contributed by atoms with Crippen molar-refractivity contribution in [2.75, 3.05) is 11.9 Å². The molecular formula is C14H19NO. The normalized spacial score (nSPS) is 18.8. The summed E-state index contributed by atoms with van der Waals surface area (Å²) in [4.78, 5) is 11.6. The van der Waals surface area contributed by atoms with Gasteiger partial charge in [0.05, 0.1) is 0 Å². The Hall–Kier alpha value is -1.31. The van der Waals surface area contributed by atoms with Crippen LogP contribution in [0.4, 0.5) is 5.69 Å². The summed E-state index contributed by atoms with van der Waals surface area (Å²) >= 11 is 0. The Kier molecular flexibility index (Phi) is 2.99. The van der Waals surface area contributed by atoms with Gasteiger partial charge in [0.25, 0.3) is 0 Å². The van der Waals surface area contributed by atoms with Crippen LogP contribution in [0.5, 0.6) is 0 Å². The first-order chi connectivity index (χ1) is 7.63. The Bertz CT molecular complexity index is 423. The zero-order valence-corrected chi connectivity index (χ0v) is 10.3. The van der Waals surface area contributed by atoms with E-state index in [0.717, 1.165) is 24.2 Å². The van der Waals surface area contributed by atoms with E-state index in [2.05, 4.69) is 25.2 Å². The molecule has 1 N–H and O–H groups in total. The van der Waals surface area contributed by atoms with Crippen LogP contribution in [0, 0.1) is 0 Å². The minimum absolute atomic E-state index is 0.166. The van der Waals surface area contributed by atoms with Crippen molar-refractivity contribution in [3.05, 3.63) is 28.8 Å². The molecule has 2 nitrogen and oxygen atoms in total. The lowest BCUT2D eigenvalue weighted by molar-refractivity contribution is 0.101. The zero-order valence-electron chi connectivity index (χ0n) is 10.3. The molecule has 1 aromatic rings. The van der Waals surface area contributed by atoms with Gasteiger partial charge in [0, 0.05) is 17.8 Å². The van der Waals surface area contributed by atoms with Gasteiger partial charge in [0.15, 0.2) is 5.78 Å². The molecular weight excluding hydrogens is 198 g/mol. The lowest BCUT2D eigenvalue weighted by atomic mass is 9.88. The van der Waals surface area contributed by atoms with E-state index in [1.807, 2.05) is 6.07 Å². The molecule has 0 radical (unpaired) electrons. The van der Waals surface area contributed by atoms with E-state index >= 15 is 0 Å². The first kappa shape index (κ1) is 11.2. The number of nitrogens with one attached hydrogen (secondary N) is 1. The monoisotopic (exact) mass is 217 g/mol. The summed E-state index contributed by atoms with van der Waals surface area (Å²) < 4.78 is 0. The van der Waals surface area contributed by atoms with Crippen molar-refractivity contribution >= 4 is 11.5 Å². The Balaban J connectivity index is 2.55. The molecule has 16 heavy (non-hydrogen) atoms. The van der Waals surface area contributed by atoms with E-state index in [9.17, 15) is 4.79 Å². The molecule has 0 spiro atoms. The number of carbonyl (C=O) groups is 1. The van der Waals surface area contributed by atoms with Gasteiger partial charge < -0.3 is 5.32 Å². The smallest absolute Gasteiger partial charge is 0.160 e. The summed E-state index contributed by atoms with van der Waals surface area (Å²) in [5.41, 5.74) is 4.58. The highest BCUT2D eigenvalue weighted by Gasteiger charge is 2.19. The van der Waals surface area contributed by atoms with Crippen LogP contribution in [0.1, 0.15) is 54.6 Å². The van der Waals surface area contributed by atoms with Crippen LogP contribution in [-0.4, -0.2) is 12.3 Å². The number of fused-ring (bicyclic) bond motifs is 1. The van der Waals surface area contributed by atoms with Crippen LogP contribution >= 0.6 is 0 Å². The van der Waals surface area contributed by atoms with E-state index in [0.29, 0.717) is 5.92 Å². The van der Waals surface area contributed by atoms with Gasteiger partial charge in [-0.05, 0) is 42.9 Å². The molecule has 2 heteroatoms. The van der Waals surface area contributed by atoms with Gasteiger partial charge >= 0.3 is 0 Å². The maximum atomic E-state index is 11.6. The third-order valence-electron chi connectivity index (χ3n) is 3.46. The molecule has 1 aliphatic heterocycles. The van der Waals surface area contributed by atoms with Crippen LogP contribution in [0.15, 0.2) is 12.1 Å². The van der Waals surface area contributed by atoms with Crippen molar-refractivity contribution in [3.63, 3.8) is 0 Å². The second kappa shape index (κ2) is 4.28. The molecule has 0 saturated heterocycles. The van der Waals surface area contributed by atoms with E-state index < -0.39 is 0 Å². The highest BCUT2D eigenvalue weighted by atomic mass is 16.1. The zero-order chi connectivity index (χ0) is 11.7. The number of rotatable bonds is 2. The molecule has 0 fully saturated rings. The molecule has 2 rings (SSSR count). The number of Topliss-reactive ketones (excluding diaryl/α,β-unsaturated/α-hetero) is 1. The van der Waals surface area contributed by atoms with Crippen LogP contribution in [0.2, 0.25) is 0 Å². The maximum absolute atomic E-state index is 11.6. The van der Waals surface area contributed by atoms with Crippen LogP contribution in [0.25, 0.3) is 0 Å². The van der Waals surface area contributed by atoms with Gasteiger partial charge in [-0.2, -0.15) is 0 Å². The van der Waals surface area contributed by atoms with Crippen LogP contribution in [0.3, 0.4) is 0 Å². The van der Waals surface area contributed by atoms with Crippen molar-refractivity contribution in [3.8, 4) is 0 Å². The van der Waals surface area contributed by atoms with E-state index in [1.54, 1.807) is 6.92 Å². The number of carbonyl (C=O) groups excluding carboxylic acids is 1. The predicted octanol–water partition coefficient (Wildman–Crippen LogP) is 3.37. The van der Waals surface area contributed by atoms with Gasteiger partial charge in [-0.1, -0.05) is 19.9 Å². The number of anilines is 1. The second-order valence-electron chi connectivity index (χ2n) is 4.62. The van der Waals surface area contributed by atoms with Gasteiger partial charge in [0.2, 0.25) is 0 Å². The minimum Gasteiger partial charge on any atom is -0.385 e. The number of hydrogen-bond acceptors (Lipinski definition) is 2. The fourth-order valence-corrected chi connectivity index (χ4v) is 2.42. The number of hydrogen-bond donors (Lipinski definition) is 1. The second-order valence-corrected chi connectivity index (χ2v) is 4.62. The fraction of sp³-hybridized carbons (Fsp3) is 0.500. The van der Waals surface area contributed by atoms with Gasteiger partial charge in [-0.3, -0.25) is 4.79 Å². The molecule has 1 atom stereocenters. The molecule has 1 aromatic carbocycles. The quantitative estimate of drug-likeness (QED) is 0.769. The summed E-state index contributed by atoms with van der Waals surface area (Å²) in [6, 6.07) is 4.25. The van der Waals surface area contributed by atoms with E-state index in [1.165, 1.54) is 17.5 Å². The third kappa shape index (κ3) is 1.84. The third-order valence-corrected chi connectivity index (χ3v) is 3.46. The van der Waals surface area contributed by atoms with Gasteiger partial charge in [0.1, 0.15) is 0 Å². The number of benzene rings is 1. The highest BCUT2D eigenvalue weighted by molar-refractivity contribution is 5.97. The summed E-state index contributed by atoms with van der Waals surface area (Å²) in [6.07, 6.45) is 2.10. The minimum atomic E-state index is 0.166. The topological polar surface area (TPSA) is 29.1 Å².